The maximum atomic E-state index is 12.9. The number of esters is 1. The van der Waals surface area contributed by atoms with Crippen LogP contribution in [-0.2, 0) is 11.3 Å². The predicted octanol–water partition coefficient (Wildman–Crippen LogP) is 4.35. The number of benzene rings is 2. The lowest BCUT2D eigenvalue weighted by atomic mass is 10.1. The first-order chi connectivity index (χ1) is 13.5. The van der Waals surface area contributed by atoms with Crippen molar-refractivity contribution in [1.29, 1.82) is 0 Å². The van der Waals surface area contributed by atoms with Crippen molar-refractivity contribution in [2.24, 2.45) is 0 Å². The van der Waals surface area contributed by atoms with Gasteiger partial charge in [-0.2, -0.15) is 0 Å². The highest BCUT2D eigenvalue weighted by Crippen LogP contribution is 2.20. The van der Waals surface area contributed by atoms with E-state index < -0.39 is 11.9 Å². The van der Waals surface area contributed by atoms with Crippen LogP contribution in [0.15, 0.2) is 59.0 Å². The van der Waals surface area contributed by atoms with E-state index in [-0.39, 0.29) is 18.2 Å². The number of carbonyl (C=O) groups is 2. The van der Waals surface area contributed by atoms with Gasteiger partial charge < -0.3 is 19.2 Å². The molecule has 0 unspecified atom stereocenters. The van der Waals surface area contributed by atoms with Gasteiger partial charge in [-0.25, -0.2) is 9.18 Å². The second-order valence-corrected chi connectivity index (χ2v) is 5.98. The first-order valence-electron chi connectivity index (χ1n) is 8.43. The van der Waals surface area contributed by atoms with Gasteiger partial charge in [0.25, 0.3) is 5.91 Å². The van der Waals surface area contributed by atoms with Gasteiger partial charge in [-0.15, -0.1) is 0 Å². The Morgan fingerprint density at radius 2 is 1.82 bits per heavy atom. The minimum Gasteiger partial charge on any atom is -0.486 e. The van der Waals surface area contributed by atoms with Crippen LogP contribution in [0.2, 0.25) is 0 Å². The summed E-state index contributed by atoms with van der Waals surface area (Å²) >= 11 is 0. The minimum absolute atomic E-state index is 0.0930. The molecule has 0 bridgehead atoms. The second-order valence-electron chi connectivity index (χ2n) is 5.98. The number of hydrogen-bond donors (Lipinski definition) is 1. The fourth-order valence-electron chi connectivity index (χ4n) is 2.45. The van der Waals surface area contributed by atoms with E-state index in [2.05, 4.69) is 10.1 Å². The van der Waals surface area contributed by atoms with E-state index in [0.717, 1.165) is 5.56 Å². The van der Waals surface area contributed by atoms with Crippen molar-refractivity contribution in [3.8, 4) is 5.75 Å². The van der Waals surface area contributed by atoms with E-state index in [1.165, 1.54) is 37.4 Å². The predicted molar refractivity (Wildman–Crippen MR) is 99.9 cm³/mol. The summed E-state index contributed by atoms with van der Waals surface area (Å²) in [7, 11) is 1.29. The molecule has 0 atom stereocenters. The van der Waals surface area contributed by atoms with Crippen LogP contribution in [0.4, 0.5) is 10.1 Å². The van der Waals surface area contributed by atoms with Crippen molar-refractivity contribution in [3.63, 3.8) is 0 Å². The third-order valence-corrected chi connectivity index (χ3v) is 3.99. The van der Waals surface area contributed by atoms with Gasteiger partial charge >= 0.3 is 5.97 Å². The number of carbonyl (C=O) groups excluding carboxylic acids is 2. The van der Waals surface area contributed by atoms with Crippen molar-refractivity contribution in [3.05, 3.63) is 83.1 Å². The molecule has 3 aromatic rings. The standard InChI is InChI=1S/C21H18FNO5/c1-13-3-4-14(21(25)26-2)11-18(13)23-20(24)19-10-9-17(28-19)12-27-16-7-5-15(22)6-8-16/h3-11H,12H2,1-2H3,(H,23,24). The summed E-state index contributed by atoms with van der Waals surface area (Å²) in [5, 5.41) is 2.72. The van der Waals surface area contributed by atoms with Crippen LogP contribution in [0.5, 0.6) is 5.75 Å². The molecule has 0 spiro atoms. The summed E-state index contributed by atoms with van der Waals surface area (Å²) in [6, 6.07) is 13.6. The van der Waals surface area contributed by atoms with Gasteiger partial charge in [0.05, 0.1) is 12.7 Å². The third kappa shape index (κ3) is 4.56. The van der Waals surface area contributed by atoms with Crippen molar-refractivity contribution in [1.82, 2.24) is 0 Å². The Balaban J connectivity index is 1.65. The lowest BCUT2D eigenvalue weighted by Crippen LogP contribution is -2.13. The summed E-state index contributed by atoms with van der Waals surface area (Å²) in [5.74, 6) is -0.281. The quantitative estimate of drug-likeness (QED) is 0.641. The number of methoxy groups -OCH3 is 1. The molecule has 0 saturated carbocycles. The van der Waals surface area contributed by atoms with E-state index in [0.29, 0.717) is 22.8 Å². The van der Waals surface area contributed by atoms with Crippen LogP contribution in [0.1, 0.15) is 32.2 Å². The smallest absolute Gasteiger partial charge is 0.337 e. The van der Waals surface area contributed by atoms with Gasteiger partial charge in [0.2, 0.25) is 0 Å². The molecular formula is C21H18FNO5. The molecule has 1 heterocycles. The number of nitrogens with one attached hydrogen (secondary N) is 1. The molecule has 0 aliphatic heterocycles. The van der Waals surface area contributed by atoms with E-state index in [1.807, 2.05) is 0 Å². The highest BCUT2D eigenvalue weighted by Gasteiger charge is 2.15. The number of hydrogen-bond acceptors (Lipinski definition) is 5. The molecule has 1 aromatic heterocycles. The van der Waals surface area contributed by atoms with Crippen molar-refractivity contribution in [2.75, 3.05) is 12.4 Å². The maximum Gasteiger partial charge on any atom is 0.337 e. The Labute approximate surface area is 160 Å². The van der Waals surface area contributed by atoms with Crippen molar-refractivity contribution >= 4 is 17.6 Å². The van der Waals surface area contributed by atoms with Gasteiger partial charge in [0, 0.05) is 5.69 Å². The van der Waals surface area contributed by atoms with Crippen LogP contribution in [0, 0.1) is 12.7 Å². The molecule has 6 nitrogen and oxygen atoms in total. The van der Waals surface area contributed by atoms with Gasteiger partial charge in [-0.1, -0.05) is 6.07 Å². The molecule has 1 amide bonds. The summed E-state index contributed by atoms with van der Waals surface area (Å²) in [5.41, 5.74) is 1.59. The van der Waals surface area contributed by atoms with E-state index in [4.69, 9.17) is 9.15 Å². The number of rotatable bonds is 6. The highest BCUT2D eigenvalue weighted by atomic mass is 19.1. The average Bonchev–Trinajstić information content (AvgIpc) is 3.18. The van der Waals surface area contributed by atoms with Gasteiger partial charge in [0.15, 0.2) is 5.76 Å². The number of ether oxygens (including phenoxy) is 2. The topological polar surface area (TPSA) is 77.8 Å². The van der Waals surface area contributed by atoms with Crippen molar-refractivity contribution < 1.29 is 27.9 Å². The van der Waals surface area contributed by atoms with E-state index >= 15 is 0 Å². The average molecular weight is 383 g/mol. The lowest BCUT2D eigenvalue weighted by Gasteiger charge is -2.09. The fourth-order valence-corrected chi connectivity index (χ4v) is 2.45. The molecule has 144 valence electrons. The number of anilines is 1. The van der Waals surface area contributed by atoms with Gasteiger partial charge in [-0.3, -0.25) is 4.79 Å². The van der Waals surface area contributed by atoms with Gasteiger partial charge in [-0.05, 0) is 61.0 Å². The van der Waals surface area contributed by atoms with Crippen LogP contribution in [-0.4, -0.2) is 19.0 Å². The van der Waals surface area contributed by atoms with Gasteiger partial charge in [0.1, 0.15) is 23.9 Å². The summed E-state index contributed by atoms with van der Waals surface area (Å²) in [6.45, 7) is 1.90. The molecule has 0 fully saturated rings. The van der Waals surface area contributed by atoms with Crippen molar-refractivity contribution in [2.45, 2.75) is 13.5 Å². The SMILES string of the molecule is COC(=O)c1ccc(C)c(NC(=O)c2ccc(COc3ccc(F)cc3)o2)c1. The summed E-state index contributed by atoms with van der Waals surface area (Å²) in [4.78, 5) is 24.1. The molecule has 0 aliphatic rings. The normalized spacial score (nSPS) is 10.4. The van der Waals surface area contributed by atoms with Crippen LogP contribution >= 0.6 is 0 Å². The van der Waals surface area contributed by atoms with E-state index in [9.17, 15) is 14.0 Å². The zero-order valence-corrected chi connectivity index (χ0v) is 15.3. The fraction of sp³-hybridized carbons (Fsp3) is 0.143. The molecule has 0 aliphatic carbocycles. The van der Waals surface area contributed by atoms with Crippen LogP contribution in [0.3, 0.4) is 0 Å². The van der Waals surface area contributed by atoms with Crippen LogP contribution < -0.4 is 10.1 Å². The number of halogens is 1. The zero-order valence-electron chi connectivity index (χ0n) is 15.3. The first-order valence-corrected chi connectivity index (χ1v) is 8.43. The molecule has 28 heavy (non-hydrogen) atoms. The Kier molecular flexibility index (Phi) is 5.74. The number of furan rings is 1. The largest absolute Gasteiger partial charge is 0.486 e. The van der Waals surface area contributed by atoms with Crippen LogP contribution in [0.25, 0.3) is 0 Å². The molecule has 7 heteroatoms. The Bertz CT molecular complexity index is 994. The Morgan fingerprint density at radius 3 is 2.54 bits per heavy atom. The lowest BCUT2D eigenvalue weighted by molar-refractivity contribution is 0.0600. The minimum atomic E-state index is -0.492. The number of aryl methyl sites for hydroxylation is 1. The highest BCUT2D eigenvalue weighted by molar-refractivity contribution is 6.03. The molecule has 0 saturated heterocycles. The Morgan fingerprint density at radius 1 is 1.07 bits per heavy atom. The number of amides is 1. The monoisotopic (exact) mass is 383 g/mol. The molecular weight excluding hydrogens is 365 g/mol. The Hall–Kier alpha value is -3.61. The third-order valence-electron chi connectivity index (χ3n) is 3.99. The first kappa shape index (κ1) is 19.2. The molecule has 2 aromatic carbocycles. The van der Waals surface area contributed by atoms with E-state index in [1.54, 1.807) is 31.2 Å². The molecule has 1 N–H and O–H groups in total. The molecule has 0 radical (unpaired) electrons. The zero-order chi connectivity index (χ0) is 20.1. The maximum absolute atomic E-state index is 12.9. The summed E-state index contributed by atoms with van der Waals surface area (Å²) in [6.07, 6.45) is 0. The second kappa shape index (κ2) is 8.39. The summed E-state index contributed by atoms with van der Waals surface area (Å²) < 4.78 is 28.6. The molecule has 3 rings (SSSR count).